The van der Waals surface area contributed by atoms with Crippen molar-refractivity contribution in [1.82, 2.24) is 14.8 Å². The van der Waals surface area contributed by atoms with E-state index in [-0.39, 0.29) is 11.4 Å². The normalized spacial score (nSPS) is 11.4. The summed E-state index contributed by atoms with van der Waals surface area (Å²) in [6.07, 6.45) is 2.34. The summed E-state index contributed by atoms with van der Waals surface area (Å²) in [5.41, 5.74) is 3.95. The van der Waals surface area contributed by atoms with Crippen molar-refractivity contribution in [2.24, 2.45) is 0 Å². The molecule has 0 saturated carbocycles. The first-order valence-corrected chi connectivity index (χ1v) is 10.6. The highest BCUT2D eigenvalue weighted by molar-refractivity contribution is 7.17. The Morgan fingerprint density at radius 2 is 1.97 bits per heavy atom. The standard InChI is InChI=1S/C24H18FN3OS/c1-15-12-17(7-9-20(15)25)19-14-30-22-13-26-28(24(29)23(19)22)11-10-18-8-6-16-4-2-3-5-21(16)27-18/h2-9,12-14H,10-11H2,1H3. The van der Waals surface area contributed by atoms with Crippen molar-refractivity contribution in [2.75, 3.05) is 0 Å². The molecule has 0 N–H and O–H groups in total. The smallest absolute Gasteiger partial charge is 0.267 e. The quantitative estimate of drug-likeness (QED) is 0.397. The second-order valence-corrected chi connectivity index (χ2v) is 8.18. The number of pyridine rings is 1. The van der Waals surface area contributed by atoms with Crippen LogP contribution in [0.2, 0.25) is 0 Å². The summed E-state index contributed by atoms with van der Waals surface area (Å²) in [6, 6.07) is 16.9. The molecule has 0 radical (unpaired) electrons. The van der Waals surface area contributed by atoms with Crippen molar-refractivity contribution < 1.29 is 4.39 Å². The molecule has 0 saturated heterocycles. The third kappa shape index (κ3) is 3.29. The Morgan fingerprint density at radius 1 is 1.10 bits per heavy atom. The molecule has 3 heterocycles. The lowest BCUT2D eigenvalue weighted by Gasteiger charge is -2.07. The van der Waals surface area contributed by atoms with E-state index in [1.165, 1.54) is 22.1 Å². The van der Waals surface area contributed by atoms with Crippen LogP contribution >= 0.6 is 11.3 Å². The fraction of sp³-hybridized carbons (Fsp3) is 0.125. The highest BCUT2D eigenvalue weighted by Crippen LogP contribution is 2.32. The number of fused-ring (bicyclic) bond motifs is 2. The second-order valence-electron chi connectivity index (χ2n) is 7.27. The minimum absolute atomic E-state index is 0.133. The Balaban J connectivity index is 1.49. The molecule has 3 aromatic heterocycles. The van der Waals surface area contributed by atoms with Crippen molar-refractivity contribution in [1.29, 1.82) is 0 Å². The first kappa shape index (κ1) is 18.6. The summed E-state index contributed by atoms with van der Waals surface area (Å²) < 4.78 is 16.0. The van der Waals surface area contributed by atoms with Crippen molar-refractivity contribution in [3.05, 3.63) is 93.6 Å². The van der Waals surface area contributed by atoms with Crippen molar-refractivity contribution in [2.45, 2.75) is 19.9 Å². The fourth-order valence-electron chi connectivity index (χ4n) is 3.64. The van der Waals surface area contributed by atoms with Gasteiger partial charge in [0.15, 0.2) is 0 Å². The van der Waals surface area contributed by atoms with Gasteiger partial charge >= 0.3 is 0 Å². The molecule has 0 amide bonds. The van der Waals surface area contributed by atoms with E-state index in [2.05, 4.69) is 10.1 Å². The minimum Gasteiger partial charge on any atom is -0.267 e. The molecule has 0 aliphatic heterocycles. The number of hydrogen-bond donors (Lipinski definition) is 0. The molecular formula is C24H18FN3OS. The topological polar surface area (TPSA) is 47.8 Å². The van der Waals surface area contributed by atoms with Gasteiger partial charge in [-0.25, -0.2) is 9.07 Å². The SMILES string of the molecule is Cc1cc(-c2csc3cnn(CCc4ccc5ccccc5n4)c(=O)c23)ccc1F. The van der Waals surface area contributed by atoms with Gasteiger partial charge in [-0.2, -0.15) is 5.10 Å². The number of thiophene rings is 1. The number of hydrogen-bond acceptors (Lipinski definition) is 4. The van der Waals surface area contributed by atoms with Crippen LogP contribution in [-0.2, 0) is 13.0 Å². The Morgan fingerprint density at radius 3 is 2.83 bits per heavy atom. The van der Waals surface area contributed by atoms with E-state index in [0.717, 1.165) is 32.4 Å². The van der Waals surface area contributed by atoms with Gasteiger partial charge < -0.3 is 0 Å². The number of aryl methyl sites for hydroxylation is 3. The monoisotopic (exact) mass is 415 g/mol. The van der Waals surface area contributed by atoms with E-state index in [9.17, 15) is 9.18 Å². The zero-order chi connectivity index (χ0) is 20.7. The average molecular weight is 415 g/mol. The summed E-state index contributed by atoms with van der Waals surface area (Å²) in [6.45, 7) is 2.17. The van der Waals surface area contributed by atoms with Crippen LogP contribution in [0.5, 0.6) is 0 Å². The molecule has 5 rings (SSSR count). The lowest BCUT2D eigenvalue weighted by molar-refractivity contribution is 0.580. The molecule has 4 nitrogen and oxygen atoms in total. The van der Waals surface area contributed by atoms with E-state index in [1.54, 1.807) is 25.3 Å². The lowest BCUT2D eigenvalue weighted by Crippen LogP contribution is -2.23. The Labute approximate surface area is 176 Å². The highest BCUT2D eigenvalue weighted by atomic mass is 32.1. The van der Waals surface area contributed by atoms with E-state index < -0.39 is 0 Å². The molecule has 148 valence electrons. The van der Waals surface area contributed by atoms with Gasteiger partial charge in [-0.3, -0.25) is 9.78 Å². The number of para-hydroxylation sites is 1. The maximum Gasteiger partial charge on any atom is 0.276 e. The molecule has 5 aromatic rings. The van der Waals surface area contributed by atoms with Crippen LogP contribution in [0.3, 0.4) is 0 Å². The molecule has 0 unspecified atom stereocenters. The summed E-state index contributed by atoms with van der Waals surface area (Å²) >= 11 is 1.48. The van der Waals surface area contributed by atoms with Crippen LogP contribution in [0.1, 0.15) is 11.3 Å². The maximum atomic E-state index is 13.7. The fourth-order valence-corrected chi connectivity index (χ4v) is 4.57. The van der Waals surface area contributed by atoms with Crippen LogP contribution in [0, 0.1) is 12.7 Å². The van der Waals surface area contributed by atoms with Crippen molar-refractivity contribution >= 4 is 32.3 Å². The van der Waals surface area contributed by atoms with E-state index in [4.69, 9.17) is 0 Å². The molecule has 0 spiro atoms. The predicted octanol–water partition coefficient (Wildman–Crippen LogP) is 5.36. The Hall–Kier alpha value is -3.38. The molecule has 0 aliphatic carbocycles. The van der Waals surface area contributed by atoms with Crippen LogP contribution < -0.4 is 5.56 Å². The van der Waals surface area contributed by atoms with E-state index >= 15 is 0 Å². The summed E-state index contributed by atoms with van der Waals surface area (Å²) in [5, 5.41) is 8.01. The maximum absolute atomic E-state index is 13.7. The molecule has 0 fully saturated rings. The highest BCUT2D eigenvalue weighted by Gasteiger charge is 2.14. The first-order chi connectivity index (χ1) is 14.6. The lowest BCUT2D eigenvalue weighted by atomic mass is 10.0. The predicted molar refractivity (Wildman–Crippen MR) is 119 cm³/mol. The van der Waals surface area contributed by atoms with Crippen LogP contribution in [0.4, 0.5) is 4.39 Å². The molecule has 0 bridgehead atoms. The second kappa shape index (κ2) is 7.46. The van der Waals surface area contributed by atoms with Gasteiger partial charge in [-0.15, -0.1) is 11.3 Å². The molecular weight excluding hydrogens is 397 g/mol. The molecule has 0 atom stereocenters. The number of aromatic nitrogens is 3. The van der Waals surface area contributed by atoms with E-state index in [1.807, 2.05) is 41.8 Å². The largest absolute Gasteiger partial charge is 0.276 e. The van der Waals surface area contributed by atoms with Gasteiger partial charge in [-0.05, 0) is 42.3 Å². The first-order valence-electron chi connectivity index (χ1n) is 9.69. The third-order valence-electron chi connectivity index (χ3n) is 5.29. The minimum atomic E-state index is -0.250. The van der Waals surface area contributed by atoms with Crippen LogP contribution in [0.15, 0.2) is 71.0 Å². The van der Waals surface area contributed by atoms with Gasteiger partial charge in [0.1, 0.15) is 5.82 Å². The van der Waals surface area contributed by atoms with Crippen LogP contribution in [-0.4, -0.2) is 14.8 Å². The van der Waals surface area contributed by atoms with Gasteiger partial charge in [-0.1, -0.05) is 30.3 Å². The molecule has 6 heteroatoms. The average Bonchev–Trinajstić information content (AvgIpc) is 3.20. The summed E-state index contributed by atoms with van der Waals surface area (Å²) in [5.74, 6) is -0.250. The van der Waals surface area contributed by atoms with Gasteiger partial charge in [0.05, 0.1) is 28.3 Å². The number of halogens is 1. The van der Waals surface area contributed by atoms with Crippen molar-refractivity contribution in [3.8, 4) is 11.1 Å². The zero-order valence-electron chi connectivity index (χ0n) is 16.3. The van der Waals surface area contributed by atoms with Crippen molar-refractivity contribution in [3.63, 3.8) is 0 Å². The number of benzene rings is 2. The number of nitrogens with zero attached hydrogens (tertiary/aromatic N) is 3. The van der Waals surface area contributed by atoms with Gasteiger partial charge in [0.25, 0.3) is 5.56 Å². The Bertz CT molecular complexity index is 1450. The molecule has 2 aromatic carbocycles. The third-order valence-corrected chi connectivity index (χ3v) is 6.20. The van der Waals surface area contributed by atoms with E-state index in [0.29, 0.717) is 23.9 Å². The Kier molecular flexibility index (Phi) is 4.64. The molecule has 0 aliphatic rings. The summed E-state index contributed by atoms with van der Waals surface area (Å²) in [7, 11) is 0. The van der Waals surface area contributed by atoms with Gasteiger partial charge in [0.2, 0.25) is 0 Å². The summed E-state index contributed by atoms with van der Waals surface area (Å²) in [4.78, 5) is 17.9. The zero-order valence-corrected chi connectivity index (χ0v) is 17.1. The van der Waals surface area contributed by atoms with Gasteiger partial charge in [0, 0.05) is 28.4 Å². The number of rotatable bonds is 4. The molecule has 30 heavy (non-hydrogen) atoms. The van der Waals surface area contributed by atoms with Crippen LogP contribution in [0.25, 0.3) is 32.1 Å².